The summed E-state index contributed by atoms with van der Waals surface area (Å²) in [5, 5.41) is 5.23. The Bertz CT molecular complexity index is 609. The van der Waals surface area contributed by atoms with Crippen molar-refractivity contribution >= 4 is 10.9 Å². The van der Waals surface area contributed by atoms with Gasteiger partial charge in [-0.1, -0.05) is 18.1 Å². The smallest absolute Gasteiger partial charge is 0.0486 e. The highest BCUT2D eigenvalue weighted by Gasteiger charge is 2.28. The molecule has 2 heterocycles. The highest BCUT2D eigenvalue weighted by atomic mass is 15.1. The molecule has 1 aliphatic carbocycles. The molecule has 0 amide bonds. The molecule has 2 aromatic rings. The maximum Gasteiger partial charge on any atom is 0.0486 e. The van der Waals surface area contributed by atoms with Crippen LogP contribution in [0.4, 0.5) is 0 Å². The maximum atomic E-state index is 3.71. The van der Waals surface area contributed by atoms with Crippen molar-refractivity contribution in [2.75, 3.05) is 6.54 Å². The van der Waals surface area contributed by atoms with E-state index < -0.39 is 0 Å². The standard InChI is InChI=1S/C16H20N2/c1-11-6-7-15-13(10-11)12-4-2-3-5-14-16(12)18(15)9-8-17-14/h6-7,10,14,17H,2-5,8-9H2,1H3. The van der Waals surface area contributed by atoms with Gasteiger partial charge in [0.2, 0.25) is 0 Å². The third-order valence-corrected chi connectivity index (χ3v) is 4.59. The molecule has 2 aliphatic rings. The molecule has 0 fully saturated rings. The molecular formula is C16H20N2. The van der Waals surface area contributed by atoms with Crippen LogP contribution in [0.2, 0.25) is 0 Å². The van der Waals surface area contributed by atoms with Crippen LogP contribution in [0.15, 0.2) is 18.2 Å². The molecule has 1 unspecified atom stereocenters. The van der Waals surface area contributed by atoms with Crippen LogP contribution in [0.3, 0.4) is 0 Å². The normalized spacial score (nSPS) is 22.8. The van der Waals surface area contributed by atoms with Crippen LogP contribution in [0.25, 0.3) is 10.9 Å². The van der Waals surface area contributed by atoms with E-state index >= 15 is 0 Å². The van der Waals surface area contributed by atoms with E-state index in [-0.39, 0.29) is 0 Å². The van der Waals surface area contributed by atoms with Crippen LogP contribution in [-0.2, 0) is 13.0 Å². The molecule has 0 saturated heterocycles. The molecule has 18 heavy (non-hydrogen) atoms. The Balaban J connectivity index is 2.07. The molecule has 0 spiro atoms. The Hall–Kier alpha value is -1.28. The van der Waals surface area contributed by atoms with Gasteiger partial charge in [-0.3, -0.25) is 0 Å². The van der Waals surface area contributed by atoms with E-state index in [9.17, 15) is 0 Å². The quantitative estimate of drug-likeness (QED) is 0.747. The minimum Gasteiger partial charge on any atom is -0.342 e. The number of aryl methyl sites for hydroxylation is 2. The third kappa shape index (κ3) is 1.39. The topological polar surface area (TPSA) is 17.0 Å². The fourth-order valence-corrected chi connectivity index (χ4v) is 3.80. The lowest BCUT2D eigenvalue weighted by atomic mass is 10.0. The number of nitrogens with one attached hydrogen (secondary N) is 1. The van der Waals surface area contributed by atoms with Crippen molar-refractivity contribution in [1.82, 2.24) is 9.88 Å². The van der Waals surface area contributed by atoms with E-state index in [2.05, 4.69) is 35.0 Å². The van der Waals surface area contributed by atoms with Gasteiger partial charge < -0.3 is 9.88 Å². The molecule has 1 aromatic heterocycles. The van der Waals surface area contributed by atoms with Gasteiger partial charge in [0.15, 0.2) is 0 Å². The Morgan fingerprint density at radius 1 is 1.28 bits per heavy atom. The van der Waals surface area contributed by atoms with E-state index in [1.54, 1.807) is 11.3 Å². The third-order valence-electron chi connectivity index (χ3n) is 4.59. The molecule has 4 rings (SSSR count). The van der Waals surface area contributed by atoms with E-state index in [0.29, 0.717) is 6.04 Å². The first kappa shape index (κ1) is 10.6. The van der Waals surface area contributed by atoms with Crippen molar-refractivity contribution < 1.29 is 0 Å². The summed E-state index contributed by atoms with van der Waals surface area (Å²) in [7, 11) is 0. The molecule has 1 aliphatic heterocycles. The van der Waals surface area contributed by atoms with Crippen LogP contribution in [0.1, 0.15) is 42.1 Å². The SMILES string of the molecule is Cc1ccc2c(c1)c1c3n2CCNC3CCCC1. The molecule has 94 valence electrons. The molecule has 2 nitrogen and oxygen atoms in total. The fraction of sp³-hybridized carbons (Fsp3) is 0.500. The van der Waals surface area contributed by atoms with Crippen LogP contribution < -0.4 is 5.32 Å². The van der Waals surface area contributed by atoms with Crippen LogP contribution in [0, 0.1) is 6.92 Å². The zero-order valence-corrected chi connectivity index (χ0v) is 11.0. The molecule has 1 N–H and O–H groups in total. The number of benzene rings is 1. The van der Waals surface area contributed by atoms with Gasteiger partial charge in [0.05, 0.1) is 0 Å². The molecule has 0 radical (unpaired) electrons. The van der Waals surface area contributed by atoms with Crippen molar-refractivity contribution in [2.24, 2.45) is 0 Å². The van der Waals surface area contributed by atoms with Gasteiger partial charge in [-0.05, 0) is 43.9 Å². The van der Waals surface area contributed by atoms with Crippen molar-refractivity contribution in [3.63, 3.8) is 0 Å². The van der Waals surface area contributed by atoms with E-state index in [1.165, 1.54) is 42.1 Å². The Morgan fingerprint density at radius 2 is 2.22 bits per heavy atom. The second kappa shape index (κ2) is 3.86. The van der Waals surface area contributed by atoms with Gasteiger partial charge in [0.25, 0.3) is 0 Å². The number of rotatable bonds is 0. The van der Waals surface area contributed by atoms with Gasteiger partial charge in [-0.15, -0.1) is 0 Å². The second-order valence-corrected chi connectivity index (χ2v) is 5.79. The summed E-state index contributed by atoms with van der Waals surface area (Å²) in [6.45, 7) is 4.45. The average molecular weight is 240 g/mol. The van der Waals surface area contributed by atoms with Gasteiger partial charge in [-0.25, -0.2) is 0 Å². The minimum absolute atomic E-state index is 0.601. The van der Waals surface area contributed by atoms with E-state index in [1.807, 2.05) is 0 Å². The first-order valence-corrected chi connectivity index (χ1v) is 7.19. The molecular weight excluding hydrogens is 220 g/mol. The molecule has 2 heteroatoms. The highest BCUT2D eigenvalue weighted by Crippen LogP contribution is 2.38. The lowest BCUT2D eigenvalue weighted by Crippen LogP contribution is -2.33. The summed E-state index contributed by atoms with van der Waals surface area (Å²) in [4.78, 5) is 0. The predicted molar refractivity (Wildman–Crippen MR) is 75.0 cm³/mol. The van der Waals surface area contributed by atoms with Gasteiger partial charge in [0.1, 0.15) is 0 Å². The van der Waals surface area contributed by atoms with E-state index in [4.69, 9.17) is 0 Å². The van der Waals surface area contributed by atoms with Gasteiger partial charge in [-0.2, -0.15) is 0 Å². The summed E-state index contributed by atoms with van der Waals surface area (Å²) in [5.74, 6) is 0. The summed E-state index contributed by atoms with van der Waals surface area (Å²) < 4.78 is 2.58. The average Bonchev–Trinajstić information content (AvgIpc) is 2.56. The number of fused-ring (bicyclic) bond motifs is 3. The Morgan fingerprint density at radius 3 is 3.17 bits per heavy atom. The molecule has 0 bridgehead atoms. The first-order chi connectivity index (χ1) is 8.84. The summed E-state index contributed by atoms with van der Waals surface area (Å²) in [6, 6.07) is 7.56. The summed E-state index contributed by atoms with van der Waals surface area (Å²) >= 11 is 0. The second-order valence-electron chi connectivity index (χ2n) is 5.79. The predicted octanol–water partition coefficient (Wildman–Crippen LogP) is 3.32. The molecule has 1 aromatic carbocycles. The maximum absolute atomic E-state index is 3.71. The van der Waals surface area contributed by atoms with Crippen LogP contribution in [0.5, 0.6) is 0 Å². The van der Waals surface area contributed by atoms with Gasteiger partial charge in [0, 0.05) is 35.7 Å². The van der Waals surface area contributed by atoms with Crippen molar-refractivity contribution in [3.05, 3.63) is 35.0 Å². The van der Waals surface area contributed by atoms with Crippen molar-refractivity contribution in [2.45, 2.75) is 45.2 Å². The monoisotopic (exact) mass is 240 g/mol. The van der Waals surface area contributed by atoms with Crippen molar-refractivity contribution in [1.29, 1.82) is 0 Å². The largest absolute Gasteiger partial charge is 0.342 e. The number of nitrogens with zero attached hydrogens (tertiary/aromatic N) is 1. The minimum atomic E-state index is 0.601. The lowest BCUT2D eigenvalue weighted by molar-refractivity contribution is 0.409. The van der Waals surface area contributed by atoms with E-state index in [0.717, 1.165) is 13.1 Å². The number of hydrogen-bond acceptors (Lipinski definition) is 1. The molecule has 0 saturated carbocycles. The lowest BCUT2D eigenvalue weighted by Gasteiger charge is -2.26. The van der Waals surface area contributed by atoms with Crippen LogP contribution >= 0.6 is 0 Å². The molecule has 1 atom stereocenters. The summed E-state index contributed by atoms with van der Waals surface area (Å²) in [6.07, 6.45) is 5.28. The Kier molecular flexibility index (Phi) is 2.28. The zero-order chi connectivity index (χ0) is 12.1. The van der Waals surface area contributed by atoms with Crippen LogP contribution in [-0.4, -0.2) is 11.1 Å². The number of aromatic nitrogens is 1. The fourth-order valence-electron chi connectivity index (χ4n) is 3.80. The Labute approximate surface area is 108 Å². The highest BCUT2D eigenvalue weighted by molar-refractivity contribution is 5.86. The number of hydrogen-bond donors (Lipinski definition) is 1. The summed E-state index contributed by atoms with van der Waals surface area (Å²) in [5.41, 5.74) is 6.07. The first-order valence-electron chi connectivity index (χ1n) is 7.19. The van der Waals surface area contributed by atoms with Gasteiger partial charge >= 0.3 is 0 Å². The zero-order valence-electron chi connectivity index (χ0n) is 11.0. The van der Waals surface area contributed by atoms with Crippen molar-refractivity contribution in [3.8, 4) is 0 Å².